The molecule has 3 aliphatic heterocycles. The Bertz CT molecular complexity index is 1560. The molecule has 2 amide bonds. The van der Waals surface area contributed by atoms with Crippen molar-refractivity contribution in [3.05, 3.63) is 83.4 Å². The van der Waals surface area contributed by atoms with E-state index in [4.69, 9.17) is 14.2 Å². The van der Waals surface area contributed by atoms with Crippen LogP contribution in [-0.4, -0.2) is 69.4 Å². The second kappa shape index (κ2) is 12.6. The number of aliphatic hydroxyl groups excluding tert-OH is 1. The van der Waals surface area contributed by atoms with Gasteiger partial charge in [-0.3, -0.25) is 9.59 Å². The fourth-order valence-electron chi connectivity index (χ4n) is 7.49. The van der Waals surface area contributed by atoms with Gasteiger partial charge in [0.05, 0.1) is 33.9 Å². The molecular weight excluding hydrogens is 584 g/mol. The van der Waals surface area contributed by atoms with Gasteiger partial charge in [-0.25, -0.2) is 0 Å². The van der Waals surface area contributed by atoms with Crippen LogP contribution >= 0.6 is 0 Å². The Hall–Kier alpha value is -3.66. The zero-order valence-corrected chi connectivity index (χ0v) is 27.9. The first kappa shape index (κ1) is 31.3. The highest BCUT2D eigenvalue weighted by Crippen LogP contribution is 2.48. The Labute approximate surface area is 266 Å². The van der Waals surface area contributed by atoms with Gasteiger partial charge in [-0.05, 0) is 47.9 Å². The average Bonchev–Trinajstić information content (AvgIpc) is 3.05. The van der Waals surface area contributed by atoms with Crippen LogP contribution in [0.3, 0.4) is 0 Å². The van der Waals surface area contributed by atoms with Crippen LogP contribution in [0.1, 0.15) is 42.6 Å². The molecule has 1 N–H and O–H groups in total. The molecule has 0 aromatic heterocycles. The van der Waals surface area contributed by atoms with Crippen molar-refractivity contribution in [2.45, 2.75) is 69.6 Å². The molecule has 238 valence electrons. The largest absolute Gasteiger partial charge is 0.497 e. The van der Waals surface area contributed by atoms with Crippen LogP contribution in [0, 0.1) is 5.92 Å². The van der Waals surface area contributed by atoms with Crippen LogP contribution in [0.2, 0.25) is 18.6 Å². The van der Waals surface area contributed by atoms with E-state index in [1.807, 2.05) is 47.4 Å². The lowest BCUT2D eigenvalue weighted by Crippen LogP contribution is -2.56. The molecule has 3 heterocycles. The lowest BCUT2D eigenvalue weighted by atomic mass is 9.85. The van der Waals surface area contributed by atoms with Gasteiger partial charge in [-0.1, -0.05) is 61.6 Å². The normalized spacial score (nSPS) is 23.4. The minimum Gasteiger partial charge on any atom is -0.497 e. The summed E-state index contributed by atoms with van der Waals surface area (Å²) in [5, 5.41) is 11.6. The number of hydrogen-bond donors (Lipinski definition) is 1. The topological polar surface area (TPSA) is 88.5 Å². The molecule has 5 atom stereocenters. The second-order valence-electron chi connectivity index (χ2n) is 13.2. The minimum absolute atomic E-state index is 0.0323. The van der Waals surface area contributed by atoms with Crippen molar-refractivity contribution in [1.29, 1.82) is 0 Å². The predicted molar refractivity (Wildman–Crippen MR) is 177 cm³/mol. The Balaban J connectivity index is 1.36. The number of carbonyl (C=O) groups excluding carboxylic acids is 2. The van der Waals surface area contributed by atoms with E-state index in [0.717, 1.165) is 34.9 Å². The maximum absolute atomic E-state index is 14.4. The number of benzene rings is 3. The molecule has 9 heteroatoms. The summed E-state index contributed by atoms with van der Waals surface area (Å²) in [5.41, 5.74) is 4.01. The highest BCUT2D eigenvalue weighted by molar-refractivity contribution is 6.91. The van der Waals surface area contributed by atoms with E-state index in [1.165, 1.54) is 10.8 Å². The number of amides is 2. The highest BCUT2D eigenvalue weighted by atomic mass is 28.3. The van der Waals surface area contributed by atoms with E-state index in [-0.39, 0.29) is 48.1 Å². The van der Waals surface area contributed by atoms with Crippen LogP contribution in [0.5, 0.6) is 11.5 Å². The molecule has 1 fully saturated rings. The molecule has 0 bridgehead atoms. The standard InChI is InChI=1S/C36H44N2O6Si/c1-23-35(43-3)30-19-26(37-17-16-33(37)40)10-15-31(30)44-36(23)32(45(4,5)29-13-11-28(42-2)12-14-29)20-34(41)38-21-25-9-7-6-8-24(25)18-27(38)22-39/h6-15,19,23,27,32,35-36,39H,16-18,20-22H2,1-5H3/t23-,27+,32?,35-,36-/m1/s1. The highest BCUT2D eigenvalue weighted by Gasteiger charge is 2.49. The van der Waals surface area contributed by atoms with Gasteiger partial charge >= 0.3 is 0 Å². The van der Waals surface area contributed by atoms with Crippen molar-refractivity contribution in [3.8, 4) is 11.5 Å². The van der Waals surface area contributed by atoms with Crippen LogP contribution in [0.25, 0.3) is 0 Å². The molecular formula is C36H44N2O6Si. The number of fused-ring (bicyclic) bond motifs is 2. The summed E-state index contributed by atoms with van der Waals surface area (Å²) in [6, 6.07) is 22.1. The van der Waals surface area contributed by atoms with Crippen molar-refractivity contribution >= 4 is 30.8 Å². The summed E-state index contributed by atoms with van der Waals surface area (Å²) in [6.07, 6.45) is 0.946. The van der Waals surface area contributed by atoms with Gasteiger partial charge in [0.15, 0.2) is 0 Å². The molecule has 1 unspecified atom stereocenters. The predicted octanol–water partition coefficient (Wildman–Crippen LogP) is 4.84. The van der Waals surface area contributed by atoms with Crippen LogP contribution in [0.15, 0.2) is 66.7 Å². The van der Waals surface area contributed by atoms with Crippen molar-refractivity contribution in [2.24, 2.45) is 5.92 Å². The van der Waals surface area contributed by atoms with Crippen molar-refractivity contribution in [1.82, 2.24) is 4.90 Å². The Morgan fingerprint density at radius 2 is 1.80 bits per heavy atom. The van der Waals surface area contributed by atoms with Crippen molar-refractivity contribution in [2.75, 3.05) is 32.3 Å². The summed E-state index contributed by atoms with van der Waals surface area (Å²) in [4.78, 5) is 30.3. The van der Waals surface area contributed by atoms with Gasteiger partial charge in [0, 0.05) is 55.8 Å². The van der Waals surface area contributed by atoms with Gasteiger partial charge < -0.3 is 29.1 Å². The van der Waals surface area contributed by atoms with E-state index < -0.39 is 8.07 Å². The average molecular weight is 629 g/mol. The zero-order chi connectivity index (χ0) is 31.9. The minimum atomic E-state index is -2.40. The fraction of sp³-hybridized carbons (Fsp3) is 0.444. The Morgan fingerprint density at radius 3 is 2.42 bits per heavy atom. The smallest absolute Gasteiger partial charge is 0.228 e. The molecule has 8 nitrogen and oxygen atoms in total. The molecule has 0 saturated carbocycles. The summed E-state index contributed by atoms with van der Waals surface area (Å²) >= 11 is 0. The molecule has 3 aliphatic rings. The van der Waals surface area contributed by atoms with Crippen LogP contribution < -0.4 is 19.6 Å². The number of nitrogens with zero attached hydrogens (tertiary/aromatic N) is 2. The molecule has 3 aromatic rings. The first-order valence-corrected chi connectivity index (χ1v) is 19.0. The third-order valence-electron chi connectivity index (χ3n) is 10.4. The van der Waals surface area contributed by atoms with E-state index in [1.54, 1.807) is 19.1 Å². The SMILES string of the molecule is COc1ccc([Si](C)(C)C(CC(=O)N2Cc3ccccc3C[C@H]2CO)[C@@H]2Oc3ccc(N4CCC4=O)cc3[C@H](OC)[C@H]2C)cc1. The molecule has 3 aromatic carbocycles. The molecule has 6 rings (SSSR count). The summed E-state index contributed by atoms with van der Waals surface area (Å²) in [7, 11) is 0.982. The third kappa shape index (κ3) is 5.77. The quantitative estimate of drug-likeness (QED) is 0.270. The van der Waals surface area contributed by atoms with Crippen molar-refractivity contribution in [3.63, 3.8) is 0 Å². The number of anilines is 1. The first-order chi connectivity index (χ1) is 21.7. The van der Waals surface area contributed by atoms with Crippen molar-refractivity contribution < 1.29 is 28.9 Å². The summed E-state index contributed by atoms with van der Waals surface area (Å²) in [5.74, 6) is 1.62. The number of methoxy groups -OCH3 is 2. The number of β-lactam (4-membered cyclic amide) rings is 1. The maximum atomic E-state index is 14.4. The summed E-state index contributed by atoms with van der Waals surface area (Å²) in [6.45, 7) is 7.89. The number of aliphatic hydroxyl groups is 1. The zero-order valence-electron chi connectivity index (χ0n) is 26.9. The summed E-state index contributed by atoms with van der Waals surface area (Å²) < 4.78 is 18.5. The lowest BCUT2D eigenvalue weighted by Gasteiger charge is -2.46. The third-order valence-corrected chi connectivity index (χ3v) is 14.6. The Kier molecular flexibility index (Phi) is 8.78. The van der Waals surface area contributed by atoms with Gasteiger partial charge in [-0.15, -0.1) is 0 Å². The van der Waals surface area contributed by atoms with Crippen LogP contribution in [0.4, 0.5) is 5.69 Å². The molecule has 45 heavy (non-hydrogen) atoms. The number of rotatable bonds is 9. The number of hydrogen-bond acceptors (Lipinski definition) is 6. The van der Waals surface area contributed by atoms with Gasteiger partial charge in [0.1, 0.15) is 17.6 Å². The maximum Gasteiger partial charge on any atom is 0.228 e. The fourth-order valence-corrected chi connectivity index (χ4v) is 10.8. The molecule has 0 spiro atoms. The lowest BCUT2D eigenvalue weighted by molar-refractivity contribution is -0.136. The van der Waals surface area contributed by atoms with Gasteiger partial charge in [-0.2, -0.15) is 0 Å². The number of carbonyl (C=O) groups is 2. The van der Waals surface area contributed by atoms with E-state index >= 15 is 0 Å². The number of ether oxygens (including phenoxy) is 3. The Morgan fingerprint density at radius 1 is 1.07 bits per heavy atom. The van der Waals surface area contributed by atoms with Crippen LogP contribution in [-0.2, 0) is 27.3 Å². The molecule has 0 radical (unpaired) electrons. The van der Waals surface area contributed by atoms with E-state index in [2.05, 4.69) is 44.3 Å². The second-order valence-corrected chi connectivity index (χ2v) is 18.0. The van der Waals surface area contributed by atoms with Gasteiger partial charge in [0.2, 0.25) is 11.8 Å². The van der Waals surface area contributed by atoms with E-state index in [0.29, 0.717) is 25.8 Å². The molecule has 0 aliphatic carbocycles. The van der Waals surface area contributed by atoms with E-state index in [9.17, 15) is 14.7 Å². The first-order valence-electron chi connectivity index (χ1n) is 15.9. The van der Waals surface area contributed by atoms with Gasteiger partial charge in [0.25, 0.3) is 0 Å². The molecule has 1 saturated heterocycles. The monoisotopic (exact) mass is 628 g/mol.